The van der Waals surface area contributed by atoms with Crippen molar-refractivity contribution in [2.24, 2.45) is 0 Å². The molecule has 0 radical (unpaired) electrons. The summed E-state index contributed by atoms with van der Waals surface area (Å²) in [5, 5.41) is 7.29. The maximum absolute atomic E-state index is 6.16. The standard InChI is InChI=1S/C44H29NO/c1-3-13-30(14-4-1)43-38-20-9-7-17-35(38)36-18-8-10-21-39(36)44(43)31-23-25-33(26-24-31)45(32-15-5-2-6-16-32)34-27-28-42-40(29-34)37-19-11-12-22-41(37)46-42/h1-29H. The predicted molar refractivity (Wildman–Crippen MR) is 194 cm³/mol. The molecule has 0 spiro atoms. The van der Waals surface area contributed by atoms with E-state index in [-0.39, 0.29) is 0 Å². The zero-order chi connectivity index (χ0) is 30.5. The fraction of sp³-hybridized carbons (Fsp3) is 0. The molecule has 0 atom stereocenters. The minimum Gasteiger partial charge on any atom is -0.456 e. The van der Waals surface area contributed by atoms with Gasteiger partial charge in [-0.05, 0) is 92.3 Å². The first-order valence-electron chi connectivity index (χ1n) is 15.7. The molecule has 1 aromatic heterocycles. The molecule has 0 saturated heterocycles. The largest absolute Gasteiger partial charge is 0.456 e. The Morgan fingerprint density at radius 1 is 0.304 bits per heavy atom. The van der Waals surface area contributed by atoms with Gasteiger partial charge in [0.2, 0.25) is 0 Å². The molecule has 2 heteroatoms. The van der Waals surface area contributed by atoms with Crippen molar-refractivity contribution in [1.29, 1.82) is 0 Å². The van der Waals surface area contributed by atoms with Crippen LogP contribution < -0.4 is 4.90 Å². The third kappa shape index (κ3) is 4.27. The maximum Gasteiger partial charge on any atom is 0.135 e. The van der Waals surface area contributed by atoms with Crippen molar-refractivity contribution in [3.05, 3.63) is 176 Å². The second-order valence-corrected chi connectivity index (χ2v) is 11.7. The van der Waals surface area contributed by atoms with E-state index < -0.39 is 0 Å². The summed E-state index contributed by atoms with van der Waals surface area (Å²) in [5.41, 5.74) is 10.00. The number of para-hydroxylation sites is 2. The van der Waals surface area contributed by atoms with E-state index in [4.69, 9.17) is 4.42 Å². The van der Waals surface area contributed by atoms with Crippen LogP contribution in [0.5, 0.6) is 0 Å². The molecule has 0 amide bonds. The molecule has 8 aromatic carbocycles. The molecule has 216 valence electrons. The molecule has 1 heterocycles. The van der Waals surface area contributed by atoms with E-state index in [9.17, 15) is 0 Å². The molecule has 0 aliphatic rings. The van der Waals surface area contributed by atoms with Gasteiger partial charge in [-0.25, -0.2) is 0 Å². The molecule has 0 aliphatic heterocycles. The highest BCUT2D eigenvalue weighted by Crippen LogP contribution is 2.45. The van der Waals surface area contributed by atoms with Gasteiger partial charge in [-0.15, -0.1) is 0 Å². The van der Waals surface area contributed by atoms with E-state index in [2.05, 4.69) is 169 Å². The molecular formula is C44H29NO. The summed E-state index contributed by atoms with van der Waals surface area (Å²) in [6.07, 6.45) is 0. The van der Waals surface area contributed by atoms with Crippen LogP contribution >= 0.6 is 0 Å². The second kappa shape index (κ2) is 10.8. The highest BCUT2D eigenvalue weighted by molar-refractivity contribution is 6.21. The Morgan fingerprint density at radius 3 is 1.41 bits per heavy atom. The lowest BCUT2D eigenvalue weighted by Crippen LogP contribution is -2.09. The number of hydrogen-bond acceptors (Lipinski definition) is 2. The van der Waals surface area contributed by atoms with Gasteiger partial charge in [-0.3, -0.25) is 0 Å². The van der Waals surface area contributed by atoms with Crippen molar-refractivity contribution in [3.8, 4) is 22.3 Å². The molecule has 0 saturated carbocycles. The average Bonchev–Trinajstić information content (AvgIpc) is 3.50. The normalized spacial score (nSPS) is 11.5. The average molecular weight is 588 g/mol. The molecule has 2 nitrogen and oxygen atoms in total. The quantitative estimate of drug-likeness (QED) is 0.186. The van der Waals surface area contributed by atoms with Crippen molar-refractivity contribution in [1.82, 2.24) is 0 Å². The Kier molecular flexibility index (Phi) is 6.17. The number of nitrogens with zero attached hydrogens (tertiary/aromatic N) is 1. The van der Waals surface area contributed by atoms with Gasteiger partial charge in [-0.1, -0.05) is 127 Å². The van der Waals surface area contributed by atoms with Crippen LogP contribution in [-0.4, -0.2) is 0 Å². The van der Waals surface area contributed by atoms with Gasteiger partial charge in [0, 0.05) is 27.8 Å². The lowest BCUT2D eigenvalue weighted by Gasteiger charge is -2.26. The van der Waals surface area contributed by atoms with Crippen molar-refractivity contribution in [2.45, 2.75) is 0 Å². The highest BCUT2D eigenvalue weighted by atomic mass is 16.3. The fourth-order valence-corrected chi connectivity index (χ4v) is 7.00. The zero-order valence-electron chi connectivity index (χ0n) is 25.1. The molecule has 46 heavy (non-hydrogen) atoms. The topological polar surface area (TPSA) is 16.4 Å². The minimum atomic E-state index is 0.893. The Morgan fingerprint density at radius 2 is 0.761 bits per heavy atom. The minimum absolute atomic E-state index is 0.893. The first-order valence-corrected chi connectivity index (χ1v) is 15.7. The molecule has 0 fully saturated rings. The van der Waals surface area contributed by atoms with Gasteiger partial charge < -0.3 is 9.32 Å². The van der Waals surface area contributed by atoms with E-state index in [1.54, 1.807) is 0 Å². The Bertz CT molecular complexity index is 2510. The van der Waals surface area contributed by atoms with Crippen molar-refractivity contribution >= 4 is 60.5 Å². The van der Waals surface area contributed by atoms with Crippen LogP contribution in [0.4, 0.5) is 17.1 Å². The molecule has 9 rings (SSSR count). The first-order chi connectivity index (χ1) is 22.8. The molecule has 0 unspecified atom stereocenters. The van der Waals surface area contributed by atoms with Crippen molar-refractivity contribution in [3.63, 3.8) is 0 Å². The third-order valence-corrected chi connectivity index (χ3v) is 9.04. The van der Waals surface area contributed by atoms with Crippen LogP contribution in [0, 0.1) is 0 Å². The van der Waals surface area contributed by atoms with Gasteiger partial charge in [0.05, 0.1) is 0 Å². The van der Waals surface area contributed by atoms with Crippen LogP contribution in [-0.2, 0) is 0 Å². The van der Waals surface area contributed by atoms with Crippen LogP contribution in [0.25, 0.3) is 65.7 Å². The van der Waals surface area contributed by atoms with E-state index in [1.807, 2.05) is 12.1 Å². The number of hydrogen-bond donors (Lipinski definition) is 0. The molecule has 0 bridgehead atoms. The SMILES string of the molecule is c1ccc(-c2c(-c3ccc(N(c4ccccc4)c4ccc5oc6ccccc6c5c4)cc3)c3ccccc3c3ccccc23)cc1. The summed E-state index contributed by atoms with van der Waals surface area (Å²) >= 11 is 0. The van der Waals surface area contributed by atoms with Crippen molar-refractivity contribution in [2.75, 3.05) is 4.90 Å². The highest BCUT2D eigenvalue weighted by Gasteiger charge is 2.19. The monoisotopic (exact) mass is 587 g/mol. The molecule has 9 aromatic rings. The number of fused-ring (bicyclic) bond motifs is 6. The summed E-state index contributed by atoms with van der Waals surface area (Å²) in [6, 6.07) is 62.7. The van der Waals surface area contributed by atoms with E-state index in [0.29, 0.717) is 0 Å². The van der Waals surface area contributed by atoms with Gasteiger partial charge in [0.1, 0.15) is 11.2 Å². The van der Waals surface area contributed by atoms with Gasteiger partial charge in [0.15, 0.2) is 0 Å². The van der Waals surface area contributed by atoms with Crippen LogP contribution in [0.1, 0.15) is 0 Å². The lowest BCUT2D eigenvalue weighted by molar-refractivity contribution is 0.669. The summed E-state index contributed by atoms with van der Waals surface area (Å²) in [4.78, 5) is 2.32. The molecular weight excluding hydrogens is 558 g/mol. The maximum atomic E-state index is 6.16. The molecule has 0 N–H and O–H groups in total. The zero-order valence-corrected chi connectivity index (χ0v) is 25.1. The number of anilines is 3. The smallest absolute Gasteiger partial charge is 0.135 e. The van der Waals surface area contributed by atoms with Gasteiger partial charge in [0.25, 0.3) is 0 Å². The van der Waals surface area contributed by atoms with Gasteiger partial charge >= 0.3 is 0 Å². The summed E-state index contributed by atoms with van der Waals surface area (Å²) in [5.74, 6) is 0. The summed E-state index contributed by atoms with van der Waals surface area (Å²) < 4.78 is 6.16. The Hall–Kier alpha value is -6.12. The second-order valence-electron chi connectivity index (χ2n) is 11.7. The fourth-order valence-electron chi connectivity index (χ4n) is 7.00. The first kappa shape index (κ1) is 26.3. The summed E-state index contributed by atoms with van der Waals surface area (Å²) in [7, 11) is 0. The van der Waals surface area contributed by atoms with Gasteiger partial charge in [-0.2, -0.15) is 0 Å². The van der Waals surface area contributed by atoms with Crippen LogP contribution in [0.3, 0.4) is 0 Å². The van der Waals surface area contributed by atoms with E-state index in [0.717, 1.165) is 39.0 Å². The predicted octanol–water partition coefficient (Wildman–Crippen LogP) is 12.7. The number of benzene rings is 8. The molecule has 0 aliphatic carbocycles. The van der Waals surface area contributed by atoms with Crippen molar-refractivity contribution < 1.29 is 4.42 Å². The Labute approximate surface area is 267 Å². The number of rotatable bonds is 5. The van der Waals surface area contributed by atoms with Crippen LogP contribution in [0.2, 0.25) is 0 Å². The van der Waals surface area contributed by atoms with Crippen LogP contribution in [0.15, 0.2) is 180 Å². The van der Waals surface area contributed by atoms with E-state index in [1.165, 1.54) is 43.8 Å². The Balaban J connectivity index is 1.25. The number of furan rings is 1. The lowest BCUT2D eigenvalue weighted by atomic mass is 9.85. The third-order valence-electron chi connectivity index (χ3n) is 9.04. The summed E-state index contributed by atoms with van der Waals surface area (Å²) in [6.45, 7) is 0. The van der Waals surface area contributed by atoms with E-state index >= 15 is 0 Å².